The van der Waals surface area contributed by atoms with Crippen LogP contribution >= 0.6 is 0 Å². The van der Waals surface area contributed by atoms with Crippen molar-refractivity contribution in [2.45, 2.75) is 20.4 Å². The van der Waals surface area contributed by atoms with Gasteiger partial charge in [0.25, 0.3) is 11.3 Å². The maximum absolute atomic E-state index is 12.6. The fraction of sp³-hybridized carbons (Fsp3) is 0.250. The van der Waals surface area contributed by atoms with E-state index in [4.69, 9.17) is 9.26 Å². The molecule has 0 fully saturated rings. The minimum Gasteiger partial charge on any atom is -0.465 e. The maximum Gasteiger partial charge on any atom is 0.326 e. The van der Waals surface area contributed by atoms with Gasteiger partial charge >= 0.3 is 5.97 Å². The van der Waals surface area contributed by atoms with Crippen LogP contribution in [0, 0.1) is 6.92 Å². The van der Waals surface area contributed by atoms with E-state index in [1.54, 1.807) is 6.92 Å². The molecule has 0 amide bonds. The number of ether oxygens (including phenoxy) is 1. The molecule has 0 bridgehead atoms. The Bertz CT molecular complexity index is 909. The Morgan fingerprint density at radius 1 is 1.30 bits per heavy atom. The van der Waals surface area contributed by atoms with Crippen molar-refractivity contribution < 1.29 is 14.1 Å². The predicted octanol–water partition coefficient (Wildman–Crippen LogP) is 1.92. The van der Waals surface area contributed by atoms with E-state index < -0.39 is 5.97 Å². The molecule has 0 aliphatic carbocycles. The molecule has 2 heterocycles. The second-order valence-electron chi connectivity index (χ2n) is 5.06. The van der Waals surface area contributed by atoms with E-state index in [1.165, 1.54) is 10.9 Å². The Morgan fingerprint density at radius 2 is 2.04 bits per heavy atom. The number of rotatable bonds is 4. The Balaban J connectivity index is 2.09. The Hall–Kier alpha value is -2.96. The molecule has 0 unspecified atom stereocenters. The molecule has 23 heavy (non-hydrogen) atoms. The van der Waals surface area contributed by atoms with Crippen LogP contribution in [0.5, 0.6) is 0 Å². The molecule has 7 heteroatoms. The summed E-state index contributed by atoms with van der Waals surface area (Å²) >= 11 is 0. The minimum atomic E-state index is -0.496. The number of carbonyl (C=O) groups is 1. The van der Waals surface area contributed by atoms with Gasteiger partial charge in [0.1, 0.15) is 24.0 Å². The van der Waals surface area contributed by atoms with Gasteiger partial charge in [0.2, 0.25) is 0 Å². The summed E-state index contributed by atoms with van der Waals surface area (Å²) in [6.45, 7) is 3.73. The van der Waals surface area contributed by atoms with Crippen molar-refractivity contribution in [2.24, 2.45) is 0 Å². The molecule has 0 aliphatic heterocycles. The molecule has 0 saturated carbocycles. The lowest BCUT2D eigenvalue weighted by molar-refractivity contribution is -0.143. The van der Waals surface area contributed by atoms with Crippen LogP contribution in [0.4, 0.5) is 0 Å². The van der Waals surface area contributed by atoms with E-state index in [9.17, 15) is 9.59 Å². The first kappa shape index (κ1) is 15.0. The van der Waals surface area contributed by atoms with Gasteiger partial charge in [0.15, 0.2) is 0 Å². The van der Waals surface area contributed by atoms with E-state index in [0.717, 1.165) is 11.1 Å². The van der Waals surface area contributed by atoms with Crippen molar-refractivity contribution in [3.63, 3.8) is 0 Å². The van der Waals surface area contributed by atoms with E-state index in [0.29, 0.717) is 5.69 Å². The lowest BCUT2D eigenvalue weighted by Crippen LogP contribution is -2.25. The zero-order valence-electron chi connectivity index (χ0n) is 12.8. The molecular formula is C16H15N3O4. The standard InChI is InChI=1S/C16H15N3O4/c1-3-22-12(20)8-19-9-17-15-13(16(19)21)14(18-23-15)11-6-4-10(2)5-7-11/h4-7,9H,3,8H2,1-2H3. The van der Waals surface area contributed by atoms with Gasteiger partial charge < -0.3 is 9.26 Å². The van der Waals surface area contributed by atoms with Gasteiger partial charge in [-0.2, -0.15) is 0 Å². The van der Waals surface area contributed by atoms with Gasteiger partial charge in [-0.05, 0) is 13.8 Å². The average molecular weight is 313 g/mol. The van der Waals surface area contributed by atoms with Crippen LogP contribution in [0.1, 0.15) is 12.5 Å². The van der Waals surface area contributed by atoms with Crippen LogP contribution in [0.15, 0.2) is 39.9 Å². The number of hydrogen-bond acceptors (Lipinski definition) is 6. The molecule has 1 aromatic carbocycles. The van der Waals surface area contributed by atoms with Gasteiger partial charge in [0, 0.05) is 5.56 Å². The van der Waals surface area contributed by atoms with Gasteiger partial charge in [-0.3, -0.25) is 14.2 Å². The molecule has 118 valence electrons. The fourth-order valence-corrected chi connectivity index (χ4v) is 2.25. The Kier molecular flexibility index (Phi) is 3.92. The minimum absolute atomic E-state index is 0.144. The van der Waals surface area contributed by atoms with Crippen LogP contribution < -0.4 is 5.56 Å². The molecule has 3 rings (SSSR count). The summed E-state index contributed by atoms with van der Waals surface area (Å²) in [5, 5.41) is 4.20. The van der Waals surface area contributed by atoms with Crippen LogP contribution in [-0.4, -0.2) is 27.3 Å². The summed E-state index contributed by atoms with van der Waals surface area (Å²) in [6.07, 6.45) is 1.26. The number of carbonyl (C=O) groups excluding carboxylic acids is 1. The molecule has 0 atom stereocenters. The lowest BCUT2D eigenvalue weighted by atomic mass is 10.1. The highest BCUT2D eigenvalue weighted by Crippen LogP contribution is 2.24. The summed E-state index contributed by atoms with van der Waals surface area (Å²) in [4.78, 5) is 28.2. The number of benzene rings is 1. The molecule has 3 aromatic rings. The summed E-state index contributed by atoms with van der Waals surface area (Å²) in [5.74, 6) is -0.496. The second kappa shape index (κ2) is 6.04. The fourth-order valence-electron chi connectivity index (χ4n) is 2.25. The smallest absolute Gasteiger partial charge is 0.326 e. The molecule has 2 aromatic heterocycles. The Morgan fingerprint density at radius 3 is 2.74 bits per heavy atom. The Labute approximate surface area is 131 Å². The largest absolute Gasteiger partial charge is 0.465 e. The molecule has 0 aliphatic rings. The first-order valence-corrected chi connectivity index (χ1v) is 7.17. The van der Waals surface area contributed by atoms with Crippen molar-refractivity contribution in [3.05, 3.63) is 46.5 Å². The van der Waals surface area contributed by atoms with Crippen molar-refractivity contribution in [1.82, 2.24) is 14.7 Å². The third-order valence-corrected chi connectivity index (χ3v) is 3.39. The average Bonchev–Trinajstić information content (AvgIpc) is 2.96. The molecule has 0 radical (unpaired) electrons. The number of hydrogen-bond donors (Lipinski definition) is 0. The van der Waals surface area contributed by atoms with Gasteiger partial charge in [-0.15, -0.1) is 0 Å². The molecular weight excluding hydrogens is 298 g/mol. The second-order valence-corrected chi connectivity index (χ2v) is 5.06. The van der Waals surface area contributed by atoms with E-state index in [1.807, 2.05) is 31.2 Å². The quantitative estimate of drug-likeness (QED) is 0.684. The van der Waals surface area contributed by atoms with E-state index in [2.05, 4.69) is 10.1 Å². The van der Waals surface area contributed by atoms with Gasteiger partial charge in [0.05, 0.1) is 6.61 Å². The highest BCUT2D eigenvalue weighted by molar-refractivity contribution is 5.88. The third-order valence-electron chi connectivity index (χ3n) is 3.39. The number of aromatic nitrogens is 3. The SMILES string of the molecule is CCOC(=O)Cn1cnc2onc(-c3ccc(C)cc3)c2c1=O. The number of esters is 1. The molecule has 0 spiro atoms. The summed E-state index contributed by atoms with van der Waals surface area (Å²) in [5.41, 5.74) is 2.02. The van der Waals surface area contributed by atoms with Crippen molar-refractivity contribution in [2.75, 3.05) is 6.61 Å². The van der Waals surface area contributed by atoms with Crippen LogP contribution in [-0.2, 0) is 16.1 Å². The topological polar surface area (TPSA) is 87.2 Å². The van der Waals surface area contributed by atoms with Crippen LogP contribution in [0.2, 0.25) is 0 Å². The summed E-state index contributed by atoms with van der Waals surface area (Å²) in [7, 11) is 0. The number of fused-ring (bicyclic) bond motifs is 1. The predicted molar refractivity (Wildman–Crippen MR) is 82.9 cm³/mol. The van der Waals surface area contributed by atoms with Crippen LogP contribution in [0.25, 0.3) is 22.4 Å². The van der Waals surface area contributed by atoms with Gasteiger partial charge in [-0.25, -0.2) is 4.98 Å². The first-order valence-electron chi connectivity index (χ1n) is 7.17. The first-order chi connectivity index (χ1) is 11.1. The zero-order chi connectivity index (χ0) is 16.4. The van der Waals surface area contributed by atoms with Crippen molar-refractivity contribution in [1.29, 1.82) is 0 Å². The van der Waals surface area contributed by atoms with E-state index in [-0.39, 0.29) is 29.8 Å². The summed E-state index contributed by atoms with van der Waals surface area (Å²) in [6, 6.07) is 7.55. The van der Waals surface area contributed by atoms with Gasteiger partial charge in [-0.1, -0.05) is 35.0 Å². The normalized spacial score (nSPS) is 10.9. The highest BCUT2D eigenvalue weighted by atomic mass is 16.5. The third kappa shape index (κ3) is 2.85. The van der Waals surface area contributed by atoms with Crippen molar-refractivity contribution >= 4 is 17.1 Å². The monoisotopic (exact) mass is 313 g/mol. The lowest BCUT2D eigenvalue weighted by Gasteiger charge is -2.04. The maximum atomic E-state index is 12.6. The number of nitrogens with zero attached hydrogens (tertiary/aromatic N) is 3. The molecule has 0 saturated heterocycles. The van der Waals surface area contributed by atoms with E-state index >= 15 is 0 Å². The van der Waals surface area contributed by atoms with Crippen molar-refractivity contribution in [3.8, 4) is 11.3 Å². The zero-order valence-corrected chi connectivity index (χ0v) is 12.8. The molecule has 0 N–H and O–H groups in total. The van der Waals surface area contributed by atoms with Crippen LogP contribution in [0.3, 0.4) is 0 Å². The molecule has 7 nitrogen and oxygen atoms in total. The summed E-state index contributed by atoms with van der Waals surface area (Å²) < 4.78 is 11.2. The highest BCUT2D eigenvalue weighted by Gasteiger charge is 2.18. The number of aryl methyl sites for hydroxylation is 1.